The van der Waals surface area contributed by atoms with Crippen LogP contribution in [0.1, 0.15) is 28.7 Å². The van der Waals surface area contributed by atoms with Crippen molar-refractivity contribution in [2.45, 2.75) is 27.2 Å². The van der Waals surface area contributed by atoms with Crippen LogP contribution in [0.2, 0.25) is 0 Å². The molecule has 2 aromatic carbocycles. The van der Waals surface area contributed by atoms with Crippen LogP contribution in [0.4, 0.5) is 17.6 Å². The average molecular weight is 300 g/mol. The van der Waals surface area contributed by atoms with Gasteiger partial charge < -0.3 is 0 Å². The van der Waals surface area contributed by atoms with Crippen molar-refractivity contribution in [2.24, 2.45) is 0 Å². The molecule has 0 spiro atoms. The van der Waals surface area contributed by atoms with Crippen LogP contribution >= 0.6 is 0 Å². The van der Waals surface area contributed by atoms with Crippen molar-refractivity contribution in [2.75, 3.05) is 6.93 Å². The lowest BCUT2D eigenvalue weighted by molar-refractivity contribution is 0.151. The van der Waals surface area contributed by atoms with Crippen LogP contribution in [0.3, 0.4) is 0 Å². The quantitative estimate of drug-likeness (QED) is 0.557. The lowest BCUT2D eigenvalue weighted by atomic mass is 10.2. The summed E-state index contributed by atoms with van der Waals surface area (Å²) in [4.78, 5) is 0. The van der Waals surface area contributed by atoms with Gasteiger partial charge in [0.2, 0.25) is 6.93 Å². The van der Waals surface area contributed by atoms with E-state index in [1.165, 1.54) is 23.3 Å². The summed E-state index contributed by atoms with van der Waals surface area (Å²) in [5.74, 6) is 0. The van der Waals surface area contributed by atoms with Gasteiger partial charge in [-0.3, -0.25) is 0 Å². The Kier molecular flexibility index (Phi) is 9.94. The van der Waals surface area contributed by atoms with Crippen LogP contribution in [0.5, 0.6) is 0 Å². The Hall–Kier alpha value is -1.84. The van der Waals surface area contributed by atoms with E-state index in [0.717, 1.165) is 5.56 Å². The molecule has 0 nitrogen and oxygen atoms in total. The van der Waals surface area contributed by atoms with Crippen LogP contribution < -0.4 is 0 Å². The maximum absolute atomic E-state index is 11.9. The normalized spacial score (nSPS) is 9.33. The fourth-order valence-electron chi connectivity index (χ4n) is 1.35. The molecule has 0 aliphatic carbocycles. The van der Waals surface area contributed by atoms with Crippen molar-refractivity contribution in [3.05, 3.63) is 70.8 Å². The molecule has 0 heterocycles. The van der Waals surface area contributed by atoms with Gasteiger partial charge in [-0.15, -0.1) is 0 Å². The summed E-state index contributed by atoms with van der Waals surface area (Å²) in [5.41, 5.74) is 3.75. The second kappa shape index (κ2) is 10.9. The summed E-state index contributed by atoms with van der Waals surface area (Å²) in [6, 6.07) is 14.7. The predicted molar refractivity (Wildman–Crippen MR) is 79.1 cm³/mol. The highest BCUT2D eigenvalue weighted by molar-refractivity contribution is 5.22. The van der Waals surface area contributed by atoms with Gasteiger partial charge in [0.15, 0.2) is 0 Å². The minimum atomic E-state index is -2.35. The summed E-state index contributed by atoms with van der Waals surface area (Å²) in [7, 11) is 0. The minimum absolute atomic E-state index is 0.0885. The third-order valence-electron chi connectivity index (χ3n) is 2.55. The van der Waals surface area contributed by atoms with Gasteiger partial charge in [0.25, 0.3) is 6.43 Å². The molecule has 0 fully saturated rings. The largest absolute Gasteiger partial charge is 0.263 e. The smallest absolute Gasteiger partial charge is 0.214 e. The van der Waals surface area contributed by atoms with Crippen molar-refractivity contribution < 1.29 is 17.6 Å². The SMILES string of the molecule is Cc1ccc(C(F)F)cc1.Cc1ccc(C)cc1.FCF. The molecule has 0 saturated heterocycles. The van der Waals surface area contributed by atoms with Crippen molar-refractivity contribution in [3.63, 3.8) is 0 Å². The van der Waals surface area contributed by atoms with Crippen molar-refractivity contribution >= 4 is 0 Å². The highest BCUT2D eigenvalue weighted by Gasteiger charge is 2.03. The van der Waals surface area contributed by atoms with Crippen LogP contribution in [0.15, 0.2) is 48.5 Å². The van der Waals surface area contributed by atoms with Gasteiger partial charge in [-0.2, -0.15) is 0 Å². The standard InChI is InChI=1S/C8H8F2.C8H10.CH2F2/c1-6-2-4-7(5-3-6)8(9)10;1-7-3-5-8(2)6-4-7;2-1-3/h2-5,8H,1H3;3-6H,1-2H3;1H2. The molecule has 0 aliphatic heterocycles. The molecule has 2 aromatic rings. The number of halogens is 4. The van der Waals surface area contributed by atoms with Crippen molar-refractivity contribution in [3.8, 4) is 0 Å². The lowest BCUT2D eigenvalue weighted by Gasteiger charge is -1.97. The Morgan fingerprint density at radius 2 is 0.905 bits per heavy atom. The summed E-state index contributed by atoms with van der Waals surface area (Å²) in [6.45, 7) is 4.31. The van der Waals surface area contributed by atoms with Crippen molar-refractivity contribution in [1.29, 1.82) is 0 Å². The Labute approximate surface area is 123 Å². The molecule has 116 valence electrons. The molecule has 0 atom stereocenters. The highest BCUT2D eigenvalue weighted by Crippen LogP contribution is 2.17. The Bertz CT molecular complexity index is 454. The first-order chi connectivity index (χ1) is 9.90. The molecular weight excluding hydrogens is 280 g/mol. The fourth-order valence-corrected chi connectivity index (χ4v) is 1.35. The molecule has 0 bridgehead atoms. The van der Waals surface area contributed by atoms with Gasteiger partial charge in [-0.1, -0.05) is 65.2 Å². The zero-order chi connectivity index (χ0) is 16.3. The Balaban J connectivity index is 0.000000327. The molecule has 0 saturated carbocycles. The van der Waals surface area contributed by atoms with Gasteiger partial charge in [0.1, 0.15) is 0 Å². The predicted octanol–water partition coefficient (Wildman–Crippen LogP) is 6.12. The number of benzene rings is 2. The van der Waals surface area contributed by atoms with Gasteiger partial charge >= 0.3 is 0 Å². The number of hydrogen-bond donors (Lipinski definition) is 0. The number of alkyl halides is 4. The van der Waals surface area contributed by atoms with E-state index in [1.54, 1.807) is 12.1 Å². The number of hydrogen-bond acceptors (Lipinski definition) is 0. The van der Waals surface area contributed by atoms with Gasteiger partial charge in [-0.25, -0.2) is 17.6 Å². The van der Waals surface area contributed by atoms with Crippen LogP contribution in [0, 0.1) is 20.8 Å². The van der Waals surface area contributed by atoms with Crippen LogP contribution in [-0.2, 0) is 0 Å². The molecule has 0 radical (unpaired) electrons. The molecule has 21 heavy (non-hydrogen) atoms. The van der Waals surface area contributed by atoms with Crippen LogP contribution in [-0.4, -0.2) is 6.93 Å². The van der Waals surface area contributed by atoms with E-state index >= 15 is 0 Å². The average Bonchev–Trinajstić information content (AvgIpc) is 2.44. The van der Waals surface area contributed by atoms with Gasteiger partial charge in [-0.05, 0) is 20.8 Å². The maximum atomic E-state index is 11.9. The Morgan fingerprint density at radius 1 is 0.667 bits per heavy atom. The van der Waals surface area contributed by atoms with E-state index in [0.29, 0.717) is 0 Å². The monoisotopic (exact) mass is 300 g/mol. The van der Waals surface area contributed by atoms with E-state index < -0.39 is 13.4 Å². The van der Waals surface area contributed by atoms with Crippen LogP contribution in [0.25, 0.3) is 0 Å². The summed E-state index contributed by atoms with van der Waals surface area (Å²) in [5, 5.41) is 0. The van der Waals surface area contributed by atoms with E-state index in [4.69, 9.17) is 0 Å². The zero-order valence-corrected chi connectivity index (χ0v) is 12.4. The number of aryl methyl sites for hydroxylation is 3. The maximum Gasteiger partial charge on any atom is 0.263 e. The lowest BCUT2D eigenvalue weighted by Crippen LogP contribution is -1.82. The minimum Gasteiger partial charge on any atom is -0.214 e. The van der Waals surface area contributed by atoms with E-state index in [-0.39, 0.29) is 5.56 Å². The Morgan fingerprint density at radius 3 is 1.14 bits per heavy atom. The molecule has 0 amide bonds. The fraction of sp³-hybridized carbons (Fsp3) is 0.294. The molecule has 0 N–H and O–H groups in total. The van der Waals surface area contributed by atoms with E-state index in [1.807, 2.05) is 6.92 Å². The third-order valence-corrected chi connectivity index (χ3v) is 2.55. The first kappa shape index (κ1) is 19.2. The van der Waals surface area contributed by atoms with E-state index in [2.05, 4.69) is 38.1 Å². The number of rotatable bonds is 1. The molecule has 2 rings (SSSR count). The van der Waals surface area contributed by atoms with E-state index in [9.17, 15) is 17.6 Å². The molecule has 0 aliphatic rings. The molecule has 4 heteroatoms. The second-order valence-corrected chi connectivity index (χ2v) is 4.47. The second-order valence-electron chi connectivity index (χ2n) is 4.47. The summed E-state index contributed by atoms with van der Waals surface area (Å²) in [6.07, 6.45) is -2.35. The first-order valence-electron chi connectivity index (χ1n) is 6.40. The molecule has 0 unspecified atom stereocenters. The van der Waals surface area contributed by atoms with Gasteiger partial charge in [0, 0.05) is 5.56 Å². The topological polar surface area (TPSA) is 0 Å². The summed E-state index contributed by atoms with van der Waals surface area (Å²) >= 11 is 0. The third kappa shape index (κ3) is 9.66. The van der Waals surface area contributed by atoms with Crippen molar-refractivity contribution in [1.82, 2.24) is 0 Å². The molecular formula is C17H20F4. The first-order valence-corrected chi connectivity index (χ1v) is 6.40. The van der Waals surface area contributed by atoms with Gasteiger partial charge in [0.05, 0.1) is 0 Å². The molecule has 0 aromatic heterocycles. The highest BCUT2D eigenvalue weighted by atomic mass is 19.3. The summed E-state index contributed by atoms with van der Waals surface area (Å²) < 4.78 is 43.0. The zero-order valence-electron chi connectivity index (χ0n) is 12.4.